The molecular weight excluding hydrogens is 529 g/mol. The van der Waals surface area contributed by atoms with E-state index < -0.39 is 23.4 Å². The van der Waals surface area contributed by atoms with E-state index in [1.54, 1.807) is 24.3 Å². The summed E-state index contributed by atoms with van der Waals surface area (Å²) in [5.74, 6) is -0.504. The number of aliphatic hydroxyl groups is 1. The number of ether oxygens (including phenoxy) is 2. The highest BCUT2D eigenvalue weighted by Gasteiger charge is 2.34. The van der Waals surface area contributed by atoms with Gasteiger partial charge in [0.2, 0.25) is 0 Å². The van der Waals surface area contributed by atoms with E-state index in [4.69, 9.17) is 16.3 Å². The van der Waals surface area contributed by atoms with Gasteiger partial charge in [-0.2, -0.15) is 4.99 Å². The van der Waals surface area contributed by atoms with E-state index in [2.05, 4.69) is 15.0 Å². The minimum atomic E-state index is -4.86. The molecule has 0 aliphatic heterocycles. The van der Waals surface area contributed by atoms with Gasteiger partial charge >= 0.3 is 12.1 Å². The molecular formula is C25H24ClF3N4O5. The van der Waals surface area contributed by atoms with Crippen LogP contribution in [-0.2, 0) is 13.6 Å². The topological polar surface area (TPSA) is 107 Å². The number of hydrogen-bond acceptors (Lipinski definition) is 7. The maximum Gasteiger partial charge on any atom is 0.573 e. The Morgan fingerprint density at radius 1 is 1.16 bits per heavy atom. The lowest BCUT2D eigenvalue weighted by molar-refractivity contribution is -0.274. The third kappa shape index (κ3) is 6.37. The van der Waals surface area contributed by atoms with Crippen LogP contribution in [0.2, 0.25) is 5.02 Å². The standard InChI is InChI=1S/C25H24ClF3N4O5/c1-32-22(31-14-37-19-3-2-4-20(11-19)38-25(27,28)29)21(30-12-15-5-7-17(26)8-6-15)23(35)33(24(32)36)18-9-16(10-18)13-34/h2-8,11,14,16,18,30,34H,9-10,12-13H2,1H3. The fraction of sp³-hybridized carbons (Fsp3) is 0.320. The van der Waals surface area contributed by atoms with E-state index in [0.29, 0.717) is 17.9 Å². The highest BCUT2D eigenvalue weighted by atomic mass is 35.5. The molecule has 202 valence electrons. The molecule has 0 atom stereocenters. The Labute approximate surface area is 219 Å². The molecule has 0 radical (unpaired) electrons. The number of aliphatic hydroxyl groups excluding tert-OH is 1. The van der Waals surface area contributed by atoms with E-state index in [1.165, 1.54) is 23.7 Å². The van der Waals surface area contributed by atoms with Crippen LogP contribution in [0.25, 0.3) is 0 Å². The van der Waals surface area contributed by atoms with Crippen molar-refractivity contribution in [3.05, 3.63) is 80.0 Å². The van der Waals surface area contributed by atoms with Crippen LogP contribution in [-0.4, -0.2) is 33.6 Å². The van der Waals surface area contributed by atoms with Crippen molar-refractivity contribution in [2.75, 3.05) is 11.9 Å². The van der Waals surface area contributed by atoms with Gasteiger partial charge in [0.05, 0.1) is 0 Å². The number of aliphatic imine (C=N–C) groups is 1. The molecule has 0 unspecified atom stereocenters. The van der Waals surface area contributed by atoms with Gasteiger partial charge in [0, 0.05) is 37.3 Å². The highest BCUT2D eigenvalue weighted by molar-refractivity contribution is 6.30. The molecule has 0 bridgehead atoms. The van der Waals surface area contributed by atoms with E-state index in [0.717, 1.165) is 28.7 Å². The first-order valence-electron chi connectivity index (χ1n) is 11.6. The van der Waals surface area contributed by atoms with Crippen molar-refractivity contribution < 1.29 is 27.8 Å². The summed E-state index contributed by atoms with van der Waals surface area (Å²) in [6, 6.07) is 11.4. The summed E-state index contributed by atoms with van der Waals surface area (Å²) in [6.45, 7) is 0.191. The van der Waals surface area contributed by atoms with Gasteiger partial charge in [-0.3, -0.25) is 13.9 Å². The van der Waals surface area contributed by atoms with Crippen LogP contribution in [0.4, 0.5) is 24.7 Å². The summed E-state index contributed by atoms with van der Waals surface area (Å²) >= 11 is 5.94. The molecule has 1 fully saturated rings. The van der Waals surface area contributed by atoms with Gasteiger partial charge in [0.1, 0.15) is 17.2 Å². The molecule has 13 heteroatoms. The Balaban J connectivity index is 1.64. The smallest absolute Gasteiger partial charge is 0.446 e. The maximum absolute atomic E-state index is 13.4. The molecule has 1 aromatic heterocycles. The lowest BCUT2D eigenvalue weighted by Gasteiger charge is -2.35. The molecule has 1 aliphatic rings. The zero-order chi connectivity index (χ0) is 27.4. The average Bonchev–Trinajstić information content (AvgIpc) is 2.83. The predicted molar refractivity (Wildman–Crippen MR) is 135 cm³/mol. The van der Waals surface area contributed by atoms with Crippen molar-refractivity contribution in [2.24, 2.45) is 18.0 Å². The Morgan fingerprint density at radius 2 is 1.84 bits per heavy atom. The average molecular weight is 553 g/mol. The zero-order valence-electron chi connectivity index (χ0n) is 20.1. The molecule has 0 saturated heterocycles. The molecule has 9 nitrogen and oxygen atoms in total. The number of nitrogens with zero attached hydrogens (tertiary/aromatic N) is 3. The molecule has 4 rings (SSSR count). The summed E-state index contributed by atoms with van der Waals surface area (Å²) in [5, 5.41) is 12.9. The molecule has 0 spiro atoms. The summed E-state index contributed by atoms with van der Waals surface area (Å²) in [4.78, 5) is 30.7. The van der Waals surface area contributed by atoms with E-state index in [-0.39, 0.29) is 42.4 Å². The molecule has 1 saturated carbocycles. The number of hydrogen-bond donors (Lipinski definition) is 2. The Bertz CT molecular complexity index is 1430. The van der Waals surface area contributed by atoms with Crippen LogP contribution in [0.5, 0.6) is 11.5 Å². The van der Waals surface area contributed by atoms with Gasteiger partial charge in [-0.1, -0.05) is 29.8 Å². The molecule has 2 N–H and O–H groups in total. The third-order valence-electron chi connectivity index (χ3n) is 6.09. The number of benzene rings is 2. The molecule has 1 aliphatic carbocycles. The number of anilines is 1. The SMILES string of the molecule is Cn1c(N=COc2cccc(OC(F)(F)F)c2)c(NCc2ccc(Cl)cc2)c(=O)n(C2CC(CO)C2)c1=O. The monoisotopic (exact) mass is 552 g/mol. The lowest BCUT2D eigenvalue weighted by atomic mass is 9.81. The van der Waals surface area contributed by atoms with Crippen molar-refractivity contribution >= 4 is 29.5 Å². The number of aromatic nitrogens is 2. The quantitative estimate of drug-likeness (QED) is 0.301. The van der Waals surface area contributed by atoms with Crippen molar-refractivity contribution in [1.82, 2.24) is 9.13 Å². The number of nitrogens with one attached hydrogen (secondary N) is 1. The van der Waals surface area contributed by atoms with Crippen LogP contribution in [0.1, 0.15) is 24.4 Å². The van der Waals surface area contributed by atoms with Crippen LogP contribution in [0.3, 0.4) is 0 Å². The molecule has 3 aromatic rings. The number of halogens is 4. The van der Waals surface area contributed by atoms with Gasteiger partial charge in [0.25, 0.3) is 5.56 Å². The summed E-state index contributed by atoms with van der Waals surface area (Å²) in [6.07, 6.45) is -2.96. The first-order valence-corrected chi connectivity index (χ1v) is 11.9. The number of alkyl halides is 3. The summed E-state index contributed by atoms with van der Waals surface area (Å²) < 4.78 is 49.1. The largest absolute Gasteiger partial charge is 0.573 e. The second-order valence-electron chi connectivity index (χ2n) is 8.74. The van der Waals surface area contributed by atoms with Gasteiger partial charge < -0.3 is 19.9 Å². The van der Waals surface area contributed by atoms with Crippen LogP contribution in [0, 0.1) is 5.92 Å². The molecule has 2 aromatic carbocycles. The van der Waals surface area contributed by atoms with Gasteiger partial charge in [0.15, 0.2) is 12.2 Å². The van der Waals surface area contributed by atoms with Crippen LogP contribution < -0.4 is 26.0 Å². The Morgan fingerprint density at radius 3 is 2.50 bits per heavy atom. The Kier molecular flexibility index (Phi) is 8.12. The second-order valence-corrected chi connectivity index (χ2v) is 9.18. The van der Waals surface area contributed by atoms with Gasteiger partial charge in [-0.05, 0) is 48.6 Å². The minimum absolute atomic E-state index is 0.00553. The minimum Gasteiger partial charge on any atom is -0.446 e. The van der Waals surface area contributed by atoms with Crippen LogP contribution >= 0.6 is 11.6 Å². The third-order valence-corrected chi connectivity index (χ3v) is 6.34. The normalized spacial score (nSPS) is 17.3. The fourth-order valence-corrected chi connectivity index (χ4v) is 4.21. The summed E-state index contributed by atoms with van der Waals surface area (Å²) in [5.41, 5.74) is -0.341. The van der Waals surface area contributed by atoms with Crippen LogP contribution in [0.15, 0.2) is 63.1 Å². The first kappa shape index (κ1) is 27.3. The Hall–Kier alpha value is -3.77. The summed E-state index contributed by atoms with van der Waals surface area (Å²) in [7, 11) is 1.44. The van der Waals surface area contributed by atoms with Crippen molar-refractivity contribution in [3.63, 3.8) is 0 Å². The lowest BCUT2D eigenvalue weighted by Crippen LogP contribution is -2.46. The fourth-order valence-electron chi connectivity index (χ4n) is 4.09. The first-order chi connectivity index (χ1) is 18.1. The second kappa shape index (κ2) is 11.3. The molecule has 1 heterocycles. The van der Waals surface area contributed by atoms with E-state index in [1.807, 2.05) is 0 Å². The van der Waals surface area contributed by atoms with Crippen molar-refractivity contribution in [1.29, 1.82) is 0 Å². The van der Waals surface area contributed by atoms with E-state index in [9.17, 15) is 27.9 Å². The molecule has 38 heavy (non-hydrogen) atoms. The van der Waals surface area contributed by atoms with Gasteiger partial charge in [-0.15, -0.1) is 13.2 Å². The zero-order valence-corrected chi connectivity index (χ0v) is 20.9. The molecule has 0 amide bonds. The van der Waals surface area contributed by atoms with Crippen molar-refractivity contribution in [2.45, 2.75) is 31.8 Å². The maximum atomic E-state index is 13.4. The van der Waals surface area contributed by atoms with E-state index >= 15 is 0 Å². The van der Waals surface area contributed by atoms with Gasteiger partial charge in [-0.25, -0.2) is 4.79 Å². The number of rotatable bonds is 9. The van der Waals surface area contributed by atoms with Crippen molar-refractivity contribution in [3.8, 4) is 11.5 Å². The highest BCUT2D eigenvalue weighted by Crippen LogP contribution is 2.36. The predicted octanol–water partition coefficient (Wildman–Crippen LogP) is 4.39.